The molecule has 3 aliphatic heterocycles. The maximum Gasteiger partial charge on any atom is 0.282 e. The third-order valence-corrected chi connectivity index (χ3v) is 9.81. The molecule has 0 bridgehead atoms. The van der Waals surface area contributed by atoms with Gasteiger partial charge in [-0.25, -0.2) is 13.8 Å². The van der Waals surface area contributed by atoms with Gasteiger partial charge in [-0.2, -0.15) is 10.5 Å². The van der Waals surface area contributed by atoms with Crippen LogP contribution in [0, 0.1) is 29.6 Å². The number of piperidine rings is 1. The zero-order valence-electron chi connectivity index (χ0n) is 26.9. The molecule has 1 atom stereocenters. The molecule has 4 heterocycles. The molecule has 0 aliphatic carbocycles. The minimum absolute atomic E-state index is 0.0128. The van der Waals surface area contributed by atoms with Crippen LogP contribution in [0.15, 0.2) is 48.8 Å². The molecule has 0 saturated carbocycles. The van der Waals surface area contributed by atoms with E-state index in [-0.39, 0.29) is 37.6 Å². The van der Waals surface area contributed by atoms with Crippen LogP contribution in [0.25, 0.3) is 10.8 Å². The number of carbonyl (C=O) groups is 1. The first kappa shape index (κ1) is 32.2. The van der Waals surface area contributed by atoms with Crippen molar-refractivity contribution in [3.05, 3.63) is 71.2 Å². The number of alkyl halides is 1. The van der Waals surface area contributed by atoms with Crippen molar-refractivity contribution in [1.82, 2.24) is 14.8 Å². The maximum absolute atomic E-state index is 15.9. The van der Waals surface area contributed by atoms with Gasteiger partial charge in [0.15, 0.2) is 5.83 Å². The molecule has 3 aliphatic rings. The minimum atomic E-state index is -1.54. The van der Waals surface area contributed by atoms with E-state index in [0.29, 0.717) is 57.7 Å². The zero-order chi connectivity index (χ0) is 33.3. The highest BCUT2D eigenvalue weighted by Crippen LogP contribution is 2.40. The molecule has 244 valence electrons. The summed E-state index contributed by atoms with van der Waals surface area (Å²) in [5.74, 6) is -1.83. The van der Waals surface area contributed by atoms with Crippen molar-refractivity contribution in [2.24, 2.45) is 0 Å². The van der Waals surface area contributed by atoms with E-state index in [0.717, 1.165) is 22.3 Å². The number of ether oxygens (including phenoxy) is 1. The number of halogens is 2. The number of amides is 1. The average Bonchev–Trinajstić information content (AvgIpc) is 3.07. The highest BCUT2D eigenvalue weighted by molar-refractivity contribution is 5.97. The van der Waals surface area contributed by atoms with Crippen molar-refractivity contribution in [3.63, 3.8) is 0 Å². The van der Waals surface area contributed by atoms with Gasteiger partial charge >= 0.3 is 0 Å². The first-order chi connectivity index (χ1) is 22.6. The van der Waals surface area contributed by atoms with Crippen LogP contribution in [-0.4, -0.2) is 85.3 Å². The Kier molecular flexibility index (Phi) is 9.03. The number of pyridine rings is 1. The number of piperazine rings is 1. The average molecular weight is 640 g/mol. The summed E-state index contributed by atoms with van der Waals surface area (Å²) >= 11 is 0. The molecule has 2 fully saturated rings. The van der Waals surface area contributed by atoms with Crippen molar-refractivity contribution in [1.29, 1.82) is 10.5 Å². The zero-order valence-corrected chi connectivity index (χ0v) is 26.9. The number of fused-ring (bicyclic) bond motifs is 2. The number of benzene rings is 2. The lowest BCUT2D eigenvalue weighted by Crippen LogP contribution is -2.55. The van der Waals surface area contributed by atoms with Crippen molar-refractivity contribution >= 4 is 28.1 Å². The van der Waals surface area contributed by atoms with Gasteiger partial charge in [-0.3, -0.25) is 4.79 Å². The van der Waals surface area contributed by atoms with Crippen LogP contribution in [0.2, 0.25) is 0 Å². The monoisotopic (exact) mass is 639 g/mol. The fraction of sp³-hybridized carbons (Fsp3) is 0.444. The van der Waals surface area contributed by atoms with Crippen LogP contribution in [-0.2, 0) is 17.8 Å². The number of nitrogens with zero attached hydrogens (tertiary/aromatic N) is 7. The van der Waals surface area contributed by atoms with Crippen LogP contribution in [0.5, 0.6) is 5.88 Å². The number of hydrogen-bond acceptors (Lipinski definition) is 8. The molecule has 0 N–H and O–H groups in total. The molecule has 0 radical (unpaired) electrons. The van der Waals surface area contributed by atoms with Crippen LogP contribution < -0.4 is 14.5 Å². The lowest BCUT2D eigenvalue weighted by Gasteiger charge is -2.43. The van der Waals surface area contributed by atoms with Crippen LogP contribution in [0.3, 0.4) is 0 Å². The second kappa shape index (κ2) is 13.2. The normalized spacial score (nSPS) is 19.5. The number of likely N-dealkylation sites (tertiary alicyclic amines) is 1. The van der Waals surface area contributed by atoms with Gasteiger partial charge in [0, 0.05) is 55.9 Å². The number of anilines is 2. The molecule has 1 amide bonds. The van der Waals surface area contributed by atoms with Crippen LogP contribution in [0.4, 0.5) is 20.2 Å². The fourth-order valence-corrected chi connectivity index (χ4v) is 7.19. The van der Waals surface area contributed by atoms with Crippen molar-refractivity contribution < 1.29 is 18.3 Å². The summed E-state index contributed by atoms with van der Waals surface area (Å²) in [4.78, 5) is 25.2. The van der Waals surface area contributed by atoms with Gasteiger partial charge in [-0.15, -0.1) is 0 Å². The molecule has 0 spiro atoms. The molecule has 2 aromatic carbocycles. The molecule has 3 aromatic rings. The van der Waals surface area contributed by atoms with Gasteiger partial charge in [-0.1, -0.05) is 36.9 Å². The number of rotatable bonds is 7. The van der Waals surface area contributed by atoms with Gasteiger partial charge in [-0.05, 0) is 50.2 Å². The summed E-state index contributed by atoms with van der Waals surface area (Å²) in [5.41, 5.74) is 3.17. The third kappa shape index (κ3) is 6.33. The second-order valence-electron chi connectivity index (χ2n) is 12.9. The summed E-state index contributed by atoms with van der Waals surface area (Å²) in [6.07, 6.45) is 1.21. The molecule has 6 rings (SSSR count). The Balaban J connectivity index is 1.40. The SMILES string of the molecule is C=C(F)C(=O)N1CCN(c2c(C#N)c(OCC3(F)CCN(C)CC3)nc3c2CCN(c2cccc4cccc(C)c24)C3)C[C@@H]1CC#N. The fourth-order valence-electron chi connectivity index (χ4n) is 7.19. The summed E-state index contributed by atoms with van der Waals surface area (Å²) in [6, 6.07) is 16.3. The van der Waals surface area contributed by atoms with Gasteiger partial charge in [0.1, 0.15) is 23.9 Å². The van der Waals surface area contributed by atoms with Gasteiger partial charge in [0.05, 0.1) is 36.5 Å². The molecule has 1 aromatic heterocycles. The Morgan fingerprint density at radius 3 is 2.55 bits per heavy atom. The molecule has 11 heteroatoms. The highest BCUT2D eigenvalue weighted by atomic mass is 19.1. The maximum atomic E-state index is 15.9. The standard InChI is InChI=1S/C36H39F2N7O2/c1-24-6-4-7-26-8-5-9-31(32(24)26)43-15-11-28-30(22-43)41-34(47-23-36(38)12-16-42(3)17-13-36)29(20-40)33(28)44-18-19-45(35(46)25(2)37)27(21-44)10-14-39/h4-9,27H,2,10-13,15-19,21-23H2,1,3H3/t27-/m0/s1. The Morgan fingerprint density at radius 1 is 1.11 bits per heavy atom. The Morgan fingerprint density at radius 2 is 1.85 bits per heavy atom. The Labute approximate surface area is 274 Å². The van der Waals surface area contributed by atoms with Gasteiger partial charge in [0.2, 0.25) is 5.88 Å². The van der Waals surface area contributed by atoms with E-state index in [2.05, 4.69) is 59.7 Å². The minimum Gasteiger partial charge on any atom is -0.473 e. The smallest absolute Gasteiger partial charge is 0.282 e. The first-order valence-electron chi connectivity index (χ1n) is 16.1. The molecule has 0 unspecified atom stereocenters. The van der Waals surface area contributed by atoms with Crippen molar-refractivity contribution in [3.8, 4) is 18.0 Å². The van der Waals surface area contributed by atoms with E-state index in [1.807, 2.05) is 24.1 Å². The lowest BCUT2D eigenvalue weighted by atomic mass is 9.94. The first-order valence-corrected chi connectivity index (χ1v) is 16.1. The molecule has 2 saturated heterocycles. The highest BCUT2D eigenvalue weighted by Gasteiger charge is 2.38. The number of aryl methyl sites for hydroxylation is 1. The predicted octanol–water partition coefficient (Wildman–Crippen LogP) is 5.20. The summed E-state index contributed by atoms with van der Waals surface area (Å²) in [6.45, 7) is 8.05. The van der Waals surface area contributed by atoms with Gasteiger partial charge in [0.25, 0.3) is 5.91 Å². The summed E-state index contributed by atoms with van der Waals surface area (Å²) in [7, 11) is 1.96. The van der Waals surface area contributed by atoms with Crippen LogP contribution in [0.1, 0.15) is 41.6 Å². The van der Waals surface area contributed by atoms with Crippen LogP contribution >= 0.6 is 0 Å². The van der Waals surface area contributed by atoms with Crippen molar-refractivity contribution in [2.45, 2.75) is 50.9 Å². The largest absolute Gasteiger partial charge is 0.473 e. The lowest BCUT2D eigenvalue weighted by molar-refractivity contribution is -0.131. The van der Waals surface area contributed by atoms with Gasteiger partial charge < -0.3 is 24.3 Å². The van der Waals surface area contributed by atoms with E-state index in [9.17, 15) is 19.7 Å². The molecular weight excluding hydrogens is 600 g/mol. The van der Waals surface area contributed by atoms with E-state index >= 15 is 4.39 Å². The number of aromatic nitrogens is 1. The molecule has 47 heavy (non-hydrogen) atoms. The molecular formula is C36H39F2N7O2. The topological polar surface area (TPSA) is 99.7 Å². The second-order valence-corrected chi connectivity index (χ2v) is 12.9. The summed E-state index contributed by atoms with van der Waals surface area (Å²) in [5, 5.41) is 22.4. The Hall–Kier alpha value is -4.74. The number of carbonyl (C=O) groups excluding carboxylic acids is 1. The molecule has 9 nitrogen and oxygen atoms in total. The third-order valence-electron chi connectivity index (χ3n) is 9.81. The number of hydrogen-bond donors (Lipinski definition) is 0. The van der Waals surface area contributed by atoms with Crippen molar-refractivity contribution in [2.75, 3.05) is 62.7 Å². The quantitative estimate of drug-likeness (QED) is 0.325. The predicted molar refractivity (Wildman–Crippen MR) is 177 cm³/mol. The summed E-state index contributed by atoms with van der Waals surface area (Å²) < 4.78 is 35.9. The number of nitriles is 2. The van der Waals surface area contributed by atoms with E-state index in [4.69, 9.17) is 9.72 Å². The van der Waals surface area contributed by atoms with E-state index < -0.39 is 23.4 Å². The van der Waals surface area contributed by atoms with E-state index in [1.165, 1.54) is 15.8 Å². The Bertz CT molecular complexity index is 1790. The van der Waals surface area contributed by atoms with E-state index in [1.54, 1.807) is 0 Å².